The molecule has 3 N–H and O–H groups in total. The van der Waals surface area contributed by atoms with Crippen molar-refractivity contribution in [3.63, 3.8) is 0 Å². The summed E-state index contributed by atoms with van der Waals surface area (Å²) in [4.78, 5) is 0. The largest absolute Gasteiger partial charge is 0.573 e. The third-order valence-corrected chi connectivity index (χ3v) is 5.29. The van der Waals surface area contributed by atoms with E-state index >= 15 is 0 Å². The van der Waals surface area contributed by atoms with E-state index in [-0.39, 0.29) is 12.1 Å². The number of benzene rings is 2. The summed E-state index contributed by atoms with van der Waals surface area (Å²) in [7, 11) is 0. The minimum Gasteiger partial charge on any atom is -0.399 e. The van der Waals surface area contributed by atoms with Crippen molar-refractivity contribution in [1.29, 1.82) is 0 Å². The molecule has 9 nitrogen and oxygen atoms in total. The molecular weight excluding hydrogens is 501 g/mol. The minimum absolute atomic E-state index is 0.0983. The zero-order chi connectivity index (χ0) is 26.3. The first kappa shape index (κ1) is 26.3. The molecule has 0 spiro atoms. The van der Waals surface area contributed by atoms with Crippen molar-refractivity contribution in [1.82, 2.24) is 30.5 Å². The Labute approximate surface area is 207 Å². The molecule has 0 radical (unpaired) electrons. The standard InChI is InChI=1S/C23H24F5N7O2/c24-18-9-15(10-19(25)22(18)37-23(26,27)28)13-29-3-1-2-7-36-8-5-30-20-11-16(35-6-4-31-34-35)12-21-17(20)14-32-33-21/h4,6,9-12,14,29-30H,1-3,5,7-8,13H2,(H,32,33). The van der Waals surface area contributed by atoms with Gasteiger partial charge in [0.1, 0.15) is 0 Å². The first-order valence-corrected chi connectivity index (χ1v) is 11.4. The van der Waals surface area contributed by atoms with E-state index in [1.807, 2.05) is 12.1 Å². The van der Waals surface area contributed by atoms with Gasteiger partial charge in [-0.1, -0.05) is 5.21 Å². The van der Waals surface area contributed by atoms with Crippen LogP contribution in [-0.4, -0.2) is 57.9 Å². The van der Waals surface area contributed by atoms with Gasteiger partial charge >= 0.3 is 6.36 Å². The highest BCUT2D eigenvalue weighted by molar-refractivity contribution is 5.92. The number of aromatic nitrogens is 5. The van der Waals surface area contributed by atoms with Gasteiger partial charge in [0.05, 0.1) is 36.4 Å². The van der Waals surface area contributed by atoms with Gasteiger partial charge in [-0.3, -0.25) is 5.10 Å². The van der Waals surface area contributed by atoms with E-state index in [2.05, 4.69) is 35.9 Å². The highest BCUT2D eigenvalue weighted by Gasteiger charge is 2.34. The van der Waals surface area contributed by atoms with Crippen LogP contribution in [0.2, 0.25) is 0 Å². The van der Waals surface area contributed by atoms with E-state index in [0.29, 0.717) is 26.3 Å². The normalized spacial score (nSPS) is 11.8. The van der Waals surface area contributed by atoms with Crippen molar-refractivity contribution in [3.8, 4) is 11.4 Å². The van der Waals surface area contributed by atoms with Crippen LogP contribution in [0.25, 0.3) is 16.6 Å². The molecule has 0 unspecified atom stereocenters. The predicted molar refractivity (Wildman–Crippen MR) is 124 cm³/mol. The number of rotatable bonds is 13. The molecule has 2 heterocycles. The van der Waals surface area contributed by atoms with Gasteiger partial charge in [0, 0.05) is 30.8 Å². The topological polar surface area (TPSA) is 102 Å². The van der Waals surface area contributed by atoms with Crippen LogP contribution in [-0.2, 0) is 11.3 Å². The van der Waals surface area contributed by atoms with Crippen molar-refractivity contribution < 1.29 is 31.4 Å². The number of unbranched alkanes of at least 4 members (excludes halogenated alkanes) is 1. The second kappa shape index (κ2) is 12.0. The molecule has 198 valence electrons. The van der Waals surface area contributed by atoms with E-state index in [9.17, 15) is 22.0 Å². The van der Waals surface area contributed by atoms with Gasteiger partial charge in [0.2, 0.25) is 5.75 Å². The van der Waals surface area contributed by atoms with Gasteiger partial charge in [-0.25, -0.2) is 13.5 Å². The molecule has 0 bridgehead atoms. The third kappa shape index (κ3) is 7.36. The number of hydrogen-bond donors (Lipinski definition) is 3. The lowest BCUT2D eigenvalue weighted by atomic mass is 10.2. The van der Waals surface area contributed by atoms with Crippen LogP contribution < -0.4 is 15.4 Å². The van der Waals surface area contributed by atoms with E-state index in [4.69, 9.17) is 4.74 Å². The fraction of sp³-hybridized carbons (Fsp3) is 0.348. The molecule has 2 aromatic heterocycles. The third-order valence-electron chi connectivity index (χ3n) is 5.29. The number of nitrogens with zero attached hydrogens (tertiary/aromatic N) is 4. The maximum Gasteiger partial charge on any atom is 0.573 e. The summed E-state index contributed by atoms with van der Waals surface area (Å²) < 4.78 is 74.8. The van der Waals surface area contributed by atoms with Gasteiger partial charge in [-0.2, -0.15) is 5.10 Å². The Morgan fingerprint density at radius 2 is 1.81 bits per heavy atom. The molecule has 4 aromatic rings. The quantitative estimate of drug-likeness (QED) is 0.177. The summed E-state index contributed by atoms with van der Waals surface area (Å²) in [6, 6.07) is 5.50. The molecule has 0 atom stereocenters. The van der Waals surface area contributed by atoms with Crippen LogP contribution in [0.5, 0.6) is 5.75 Å². The average molecular weight is 525 g/mol. The number of aromatic amines is 1. The predicted octanol–water partition coefficient (Wildman–Crippen LogP) is 4.32. The Morgan fingerprint density at radius 3 is 2.54 bits per heavy atom. The van der Waals surface area contributed by atoms with Gasteiger partial charge < -0.3 is 20.1 Å². The molecule has 0 amide bonds. The van der Waals surface area contributed by atoms with E-state index in [1.54, 1.807) is 23.3 Å². The lowest BCUT2D eigenvalue weighted by molar-refractivity contribution is -0.276. The lowest BCUT2D eigenvalue weighted by Gasteiger charge is -2.12. The van der Waals surface area contributed by atoms with Crippen LogP contribution in [0.4, 0.5) is 27.6 Å². The zero-order valence-electron chi connectivity index (χ0n) is 19.5. The van der Waals surface area contributed by atoms with Gasteiger partial charge in [-0.05, 0) is 49.2 Å². The van der Waals surface area contributed by atoms with Crippen molar-refractivity contribution in [2.75, 3.05) is 31.6 Å². The molecule has 37 heavy (non-hydrogen) atoms. The Hall–Kier alpha value is -3.78. The Morgan fingerprint density at radius 1 is 1.00 bits per heavy atom. The summed E-state index contributed by atoms with van der Waals surface area (Å²) in [5.74, 6) is -4.27. The first-order valence-electron chi connectivity index (χ1n) is 11.4. The summed E-state index contributed by atoms with van der Waals surface area (Å²) in [5.41, 5.74) is 2.75. The minimum atomic E-state index is -5.17. The smallest absolute Gasteiger partial charge is 0.399 e. The molecule has 0 saturated carbocycles. The Bertz CT molecular complexity index is 1270. The molecule has 0 saturated heterocycles. The van der Waals surface area contributed by atoms with Crippen LogP contribution in [0.3, 0.4) is 0 Å². The second-order valence-corrected chi connectivity index (χ2v) is 8.03. The van der Waals surface area contributed by atoms with Crippen molar-refractivity contribution in [2.45, 2.75) is 25.7 Å². The number of ether oxygens (including phenoxy) is 2. The second-order valence-electron chi connectivity index (χ2n) is 8.03. The van der Waals surface area contributed by atoms with E-state index in [0.717, 1.165) is 47.3 Å². The number of anilines is 1. The van der Waals surface area contributed by atoms with Crippen LogP contribution in [0, 0.1) is 11.6 Å². The zero-order valence-corrected chi connectivity index (χ0v) is 19.5. The lowest BCUT2D eigenvalue weighted by Crippen LogP contribution is -2.20. The molecule has 14 heteroatoms. The highest BCUT2D eigenvalue weighted by atomic mass is 19.4. The van der Waals surface area contributed by atoms with E-state index < -0.39 is 23.7 Å². The number of nitrogens with one attached hydrogen (secondary N) is 3. The molecule has 0 aliphatic rings. The number of hydrogen-bond acceptors (Lipinski definition) is 7. The molecule has 0 aliphatic heterocycles. The number of halogens is 5. The van der Waals surface area contributed by atoms with Crippen molar-refractivity contribution >= 4 is 16.6 Å². The monoisotopic (exact) mass is 525 g/mol. The Kier molecular flexibility index (Phi) is 8.50. The van der Waals surface area contributed by atoms with E-state index in [1.165, 1.54) is 0 Å². The molecule has 2 aromatic carbocycles. The van der Waals surface area contributed by atoms with Crippen molar-refractivity contribution in [2.24, 2.45) is 0 Å². The molecular formula is C23H24F5N7O2. The maximum atomic E-state index is 13.7. The average Bonchev–Trinajstić information content (AvgIpc) is 3.54. The Balaban J connectivity index is 1.12. The molecule has 0 fully saturated rings. The SMILES string of the molecule is Fc1cc(CNCCCCOCCNc2cc(-n3ccnn3)cc3[nH]ncc23)cc(F)c1OC(F)(F)F. The van der Waals surface area contributed by atoms with Crippen molar-refractivity contribution in [3.05, 3.63) is 60.1 Å². The first-order chi connectivity index (χ1) is 17.8. The number of alkyl halides is 3. The molecule has 0 aliphatic carbocycles. The van der Waals surface area contributed by atoms with Gasteiger partial charge in [0.25, 0.3) is 0 Å². The number of H-pyrrole nitrogens is 1. The summed E-state index contributed by atoms with van der Waals surface area (Å²) in [6.07, 6.45) is 1.41. The van der Waals surface area contributed by atoms with Gasteiger partial charge in [-0.15, -0.1) is 18.3 Å². The van der Waals surface area contributed by atoms with Crippen LogP contribution >= 0.6 is 0 Å². The number of fused-ring (bicyclic) bond motifs is 1. The summed E-state index contributed by atoms with van der Waals surface area (Å²) >= 11 is 0. The fourth-order valence-corrected chi connectivity index (χ4v) is 3.63. The highest BCUT2D eigenvalue weighted by Crippen LogP contribution is 2.29. The van der Waals surface area contributed by atoms with Crippen LogP contribution in [0.1, 0.15) is 18.4 Å². The molecule has 4 rings (SSSR count). The summed E-state index contributed by atoms with van der Waals surface area (Å²) in [5, 5.41) is 22.2. The van der Waals surface area contributed by atoms with Crippen LogP contribution in [0.15, 0.2) is 42.9 Å². The summed E-state index contributed by atoms with van der Waals surface area (Å²) in [6.45, 7) is 2.21. The van der Waals surface area contributed by atoms with Gasteiger partial charge in [0.15, 0.2) is 11.6 Å². The maximum absolute atomic E-state index is 13.7. The fourth-order valence-electron chi connectivity index (χ4n) is 3.63.